The Morgan fingerprint density at radius 1 is 1.50 bits per heavy atom. The van der Waals surface area contributed by atoms with Gasteiger partial charge in [-0.1, -0.05) is 5.16 Å². The van der Waals surface area contributed by atoms with Gasteiger partial charge in [-0.05, 0) is 12.1 Å². The monoisotopic (exact) mass is 213 g/mol. The fourth-order valence-electron chi connectivity index (χ4n) is 0.956. The average molecular weight is 214 g/mol. The van der Waals surface area contributed by atoms with E-state index in [2.05, 4.69) is 15.1 Å². The summed E-state index contributed by atoms with van der Waals surface area (Å²) in [4.78, 5) is 7.64. The van der Waals surface area contributed by atoms with Crippen LogP contribution in [-0.2, 0) is 5.88 Å². The summed E-state index contributed by atoms with van der Waals surface area (Å²) >= 11 is 5.46. The Labute approximate surface area is 83.7 Å². The van der Waals surface area contributed by atoms with Crippen LogP contribution < -0.4 is 0 Å². The molecule has 2 rings (SSSR count). The lowest BCUT2D eigenvalue weighted by Gasteiger charge is -1.93. The second-order valence-corrected chi connectivity index (χ2v) is 2.75. The van der Waals surface area contributed by atoms with Crippen LogP contribution in [0.2, 0.25) is 0 Å². The van der Waals surface area contributed by atoms with Crippen molar-refractivity contribution in [2.75, 3.05) is 0 Å². The maximum absolute atomic E-state index is 13.2. The molecule has 0 N–H and O–H groups in total. The van der Waals surface area contributed by atoms with Gasteiger partial charge in [0.05, 0.1) is 0 Å². The molecule has 4 nitrogen and oxygen atoms in total. The van der Waals surface area contributed by atoms with Crippen molar-refractivity contribution in [3.8, 4) is 11.5 Å². The minimum absolute atomic E-state index is 0.0626. The molecule has 0 atom stereocenters. The van der Waals surface area contributed by atoms with Gasteiger partial charge in [0, 0.05) is 6.20 Å². The Kier molecular flexibility index (Phi) is 2.41. The highest BCUT2D eigenvalue weighted by molar-refractivity contribution is 6.16. The lowest BCUT2D eigenvalue weighted by atomic mass is 10.3. The van der Waals surface area contributed by atoms with E-state index in [9.17, 15) is 4.39 Å². The molecule has 14 heavy (non-hydrogen) atoms. The van der Waals surface area contributed by atoms with E-state index in [0.29, 0.717) is 0 Å². The Morgan fingerprint density at radius 3 is 3.00 bits per heavy atom. The summed E-state index contributed by atoms with van der Waals surface area (Å²) in [6.07, 6.45) is 1.45. The molecule has 0 spiro atoms. The SMILES string of the molecule is Fc1cccnc1-c1noc(CCl)n1. The number of halogens is 2. The van der Waals surface area contributed by atoms with Gasteiger partial charge in [-0.2, -0.15) is 4.98 Å². The van der Waals surface area contributed by atoms with Crippen molar-refractivity contribution < 1.29 is 8.91 Å². The zero-order valence-corrected chi connectivity index (χ0v) is 7.70. The number of rotatable bonds is 2. The molecule has 0 aliphatic carbocycles. The fourth-order valence-corrected chi connectivity index (χ4v) is 1.06. The van der Waals surface area contributed by atoms with Crippen molar-refractivity contribution in [2.24, 2.45) is 0 Å². The first-order chi connectivity index (χ1) is 6.81. The summed E-state index contributed by atoms with van der Waals surface area (Å²) in [5.41, 5.74) is 0.0626. The van der Waals surface area contributed by atoms with Crippen LogP contribution in [0.4, 0.5) is 4.39 Å². The van der Waals surface area contributed by atoms with E-state index in [4.69, 9.17) is 16.1 Å². The van der Waals surface area contributed by atoms with Gasteiger partial charge in [-0.25, -0.2) is 9.37 Å². The molecule has 0 unspecified atom stereocenters. The molecule has 2 aromatic rings. The van der Waals surface area contributed by atoms with Crippen LogP contribution in [0.3, 0.4) is 0 Å². The smallest absolute Gasteiger partial charge is 0.241 e. The molecule has 0 aromatic carbocycles. The Bertz CT molecular complexity index is 446. The van der Waals surface area contributed by atoms with E-state index in [0.717, 1.165) is 0 Å². The van der Waals surface area contributed by atoms with Crippen molar-refractivity contribution in [2.45, 2.75) is 5.88 Å². The van der Waals surface area contributed by atoms with Crippen LogP contribution in [0.1, 0.15) is 5.89 Å². The van der Waals surface area contributed by atoms with Gasteiger partial charge in [0.15, 0.2) is 5.82 Å². The minimum atomic E-state index is -0.491. The molecule has 0 aliphatic rings. The van der Waals surface area contributed by atoms with Crippen LogP contribution in [0.5, 0.6) is 0 Å². The molecule has 72 valence electrons. The van der Waals surface area contributed by atoms with Gasteiger partial charge in [-0.3, -0.25) is 0 Å². The van der Waals surface area contributed by atoms with Gasteiger partial charge in [-0.15, -0.1) is 11.6 Å². The van der Waals surface area contributed by atoms with Crippen LogP contribution in [0, 0.1) is 5.82 Å². The molecule has 0 bridgehead atoms. The molecular weight excluding hydrogens is 209 g/mol. The Morgan fingerprint density at radius 2 is 2.36 bits per heavy atom. The molecule has 6 heteroatoms. The number of aromatic nitrogens is 3. The third-order valence-electron chi connectivity index (χ3n) is 1.55. The predicted molar refractivity (Wildman–Crippen MR) is 47.0 cm³/mol. The zero-order chi connectivity index (χ0) is 9.97. The van der Waals surface area contributed by atoms with Gasteiger partial charge in [0.1, 0.15) is 11.6 Å². The standard InChI is InChI=1S/C8H5ClFN3O/c9-4-6-12-8(13-14-6)7-5(10)2-1-3-11-7/h1-3H,4H2. The first kappa shape index (κ1) is 9.08. The number of alkyl halides is 1. The van der Waals surface area contributed by atoms with E-state index in [1.54, 1.807) is 0 Å². The lowest BCUT2D eigenvalue weighted by molar-refractivity contribution is 0.390. The highest BCUT2D eigenvalue weighted by Crippen LogP contribution is 2.16. The maximum Gasteiger partial charge on any atom is 0.241 e. The molecule has 0 saturated heterocycles. The Balaban J connectivity index is 2.44. The topological polar surface area (TPSA) is 51.8 Å². The molecule has 2 heterocycles. The lowest BCUT2D eigenvalue weighted by Crippen LogP contribution is -1.90. The molecule has 0 aliphatic heterocycles. The molecule has 0 saturated carbocycles. The number of nitrogens with zero attached hydrogens (tertiary/aromatic N) is 3. The van der Waals surface area contributed by atoms with E-state index >= 15 is 0 Å². The van der Waals surface area contributed by atoms with Crippen molar-refractivity contribution in [1.82, 2.24) is 15.1 Å². The summed E-state index contributed by atoms with van der Waals surface area (Å²) in [6, 6.07) is 2.76. The minimum Gasteiger partial charge on any atom is -0.338 e. The van der Waals surface area contributed by atoms with Crippen molar-refractivity contribution in [3.63, 3.8) is 0 Å². The van der Waals surface area contributed by atoms with E-state index in [1.165, 1.54) is 18.3 Å². The summed E-state index contributed by atoms with van der Waals surface area (Å²) in [5, 5.41) is 3.55. The summed E-state index contributed by atoms with van der Waals surface area (Å²) in [5.74, 6) is -0.0403. The third kappa shape index (κ3) is 1.58. The Hall–Kier alpha value is -1.49. The van der Waals surface area contributed by atoms with Crippen LogP contribution in [-0.4, -0.2) is 15.1 Å². The molecule has 0 radical (unpaired) electrons. The third-order valence-corrected chi connectivity index (χ3v) is 1.78. The van der Waals surface area contributed by atoms with Gasteiger partial charge >= 0.3 is 0 Å². The largest absolute Gasteiger partial charge is 0.338 e. The maximum atomic E-state index is 13.2. The van der Waals surface area contributed by atoms with Gasteiger partial charge in [0.25, 0.3) is 0 Å². The molecule has 2 aromatic heterocycles. The van der Waals surface area contributed by atoms with Crippen molar-refractivity contribution in [3.05, 3.63) is 30.0 Å². The fraction of sp³-hybridized carbons (Fsp3) is 0.125. The second-order valence-electron chi connectivity index (χ2n) is 2.48. The summed E-state index contributed by atoms with van der Waals surface area (Å²) in [7, 11) is 0. The highest BCUT2D eigenvalue weighted by atomic mass is 35.5. The highest BCUT2D eigenvalue weighted by Gasteiger charge is 2.12. The quantitative estimate of drug-likeness (QED) is 0.716. The molecule has 0 amide bonds. The number of hydrogen-bond donors (Lipinski definition) is 0. The normalized spacial score (nSPS) is 10.4. The van der Waals surface area contributed by atoms with Crippen LogP contribution in [0.15, 0.2) is 22.9 Å². The number of hydrogen-bond acceptors (Lipinski definition) is 4. The van der Waals surface area contributed by atoms with Crippen molar-refractivity contribution in [1.29, 1.82) is 0 Å². The first-order valence-electron chi connectivity index (χ1n) is 3.80. The van der Waals surface area contributed by atoms with E-state index in [1.807, 2.05) is 0 Å². The van der Waals surface area contributed by atoms with Crippen molar-refractivity contribution >= 4 is 11.6 Å². The average Bonchev–Trinajstić information content (AvgIpc) is 2.67. The van der Waals surface area contributed by atoms with E-state index in [-0.39, 0.29) is 23.3 Å². The zero-order valence-electron chi connectivity index (χ0n) is 6.94. The van der Waals surface area contributed by atoms with E-state index < -0.39 is 5.82 Å². The molecular formula is C8H5ClFN3O. The van der Waals surface area contributed by atoms with Crippen LogP contribution >= 0.6 is 11.6 Å². The summed E-state index contributed by atoms with van der Waals surface area (Å²) in [6.45, 7) is 0. The molecule has 0 fully saturated rings. The predicted octanol–water partition coefficient (Wildman–Crippen LogP) is 2.01. The van der Waals surface area contributed by atoms with Gasteiger partial charge in [0.2, 0.25) is 11.7 Å². The second kappa shape index (κ2) is 3.71. The number of pyridine rings is 1. The first-order valence-corrected chi connectivity index (χ1v) is 4.34. The van der Waals surface area contributed by atoms with Crippen LogP contribution in [0.25, 0.3) is 11.5 Å². The summed E-state index contributed by atoms with van der Waals surface area (Å²) < 4.78 is 17.9. The van der Waals surface area contributed by atoms with Gasteiger partial charge < -0.3 is 4.52 Å².